The highest BCUT2D eigenvalue weighted by molar-refractivity contribution is 7.79. The van der Waals surface area contributed by atoms with Crippen molar-refractivity contribution in [2.75, 3.05) is 0 Å². The number of imidazole rings is 1. The zero-order chi connectivity index (χ0) is 18.8. The zero-order valence-corrected chi connectivity index (χ0v) is 16.2. The summed E-state index contributed by atoms with van der Waals surface area (Å²) in [6, 6.07) is 23.5. The van der Waals surface area contributed by atoms with E-state index in [0.717, 1.165) is 11.3 Å². The molecule has 0 atom stereocenters. The van der Waals surface area contributed by atoms with E-state index < -0.39 is 7.92 Å². The molecular formula is C23H20FN2P. The molecule has 0 spiro atoms. The van der Waals surface area contributed by atoms with E-state index in [2.05, 4.69) is 66.9 Å². The molecule has 0 aliphatic carbocycles. The van der Waals surface area contributed by atoms with Gasteiger partial charge in [-0.15, -0.1) is 0 Å². The Morgan fingerprint density at radius 3 is 1.89 bits per heavy atom. The van der Waals surface area contributed by atoms with E-state index in [9.17, 15) is 4.39 Å². The molecule has 0 fully saturated rings. The standard InChI is InChI=1S/C23H20FN2P/c1-17-7-3-5-9-21(17)27(22-10-6-4-8-18(22)2)23-25-15-16-26(23)20-13-11-19(24)12-14-20/h3-16H,1-2H3. The molecule has 2 nitrogen and oxygen atoms in total. The van der Waals surface area contributed by atoms with E-state index >= 15 is 0 Å². The van der Waals surface area contributed by atoms with Crippen LogP contribution in [0.2, 0.25) is 0 Å². The van der Waals surface area contributed by atoms with Crippen LogP contribution in [0.15, 0.2) is 85.2 Å². The molecule has 0 aliphatic heterocycles. The van der Waals surface area contributed by atoms with Crippen molar-refractivity contribution >= 4 is 24.1 Å². The maximum Gasteiger partial charge on any atom is 0.145 e. The lowest BCUT2D eigenvalue weighted by Gasteiger charge is -2.23. The van der Waals surface area contributed by atoms with Gasteiger partial charge in [0.2, 0.25) is 0 Å². The summed E-state index contributed by atoms with van der Waals surface area (Å²) >= 11 is 0. The van der Waals surface area contributed by atoms with Crippen LogP contribution in [0.4, 0.5) is 4.39 Å². The molecule has 0 unspecified atom stereocenters. The predicted octanol–water partition coefficient (Wildman–Crippen LogP) is 4.39. The van der Waals surface area contributed by atoms with E-state index in [1.165, 1.54) is 33.9 Å². The van der Waals surface area contributed by atoms with Crippen LogP contribution in [0.25, 0.3) is 5.69 Å². The van der Waals surface area contributed by atoms with Gasteiger partial charge in [-0.2, -0.15) is 0 Å². The van der Waals surface area contributed by atoms with Gasteiger partial charge in [-0.1, -0.05) is 48.5 Å². The monoisotopic (exact) mass is 374 g/mol. The average molecular weight is 374 g/mol. The van der Waals surface area contributed by atoms with Crippen molar-refractivity contribution in [1.29, 1.82) is 0 Å². The number of aryl methyl sites for hydroxylation is 2. The highest BCUT2D eigenvalue weighted by Gasteiger charge is 2.24. The highest BCUT2D eigenvalue weighted by atomic mass is 31.1. The second-order valence-electron chi connectivity index (χ2n) is 6.48. The maximum atomic E-state index is 13.4. The zero-order valence-electron chi connectivity index (χ0n) is 15.3. The van der Waals surface area contributed by atoms with Gasteiger partial charge in [0.25, 0.3) is 0 Å². The van der Waals surface area contributed by atoms with Crippen molar-refractivity contribution in [3.05, 3.63) is 102 Å². The summed E-state index contributed by atoms with van der Waals surface area (Å²) in [4.78, 5) is 4.75. The van der Waals surface area contributed by atoms with Gasteiger partial charge >= 0.3 is 0 Å². The molecule has 0 saturated heterocycles. The first-order valence-electron chi connectivity index (χ1n) is 8.86. The van der Waals surface area contributed by atoms with Crippen LogP contribution in [-0.2, 0) is 0 Å². The highest BCUT2D eigenvalue weighted by Crippen LogP contribution is 2.35. The molecular weight excluding hydrogens is 354 g/mol. The molecule has 0 saturated carbocycles. The summed E-state index contributed by atoms with van der Waals surface area (Å²) in [6.07, 6.45) is 3.78. The van der Waals surface area contributed by atoms with E-state index in [1.54, 1.807) is 12.1 Å². The first-order chi connectivity index (χ1) is 13.1. The smallest absolute Gasteiger partial charge is 0.145 e. The molecule has 0 amide bonds. The van der Waals surface area contributed by atoms with Gasteiger partial charge in [0.05, 0.1) is 0 Å². The maximum absolute atomic E-state index is 13.4. The van der Waals surface area contributed by atoms with E-state index in [0.29, 0.717) is 0 Å². The molecule has 4 rings (SSSR count). The van der Waals surface area contributed by atoms with Crippen LogP contribution in [0.5, 0.6) is 0 Å². The fourth-order valence-corrected chi connectivity index (χ4v) is 5.83. The van der Waals surface area contributed by atoms with Crippen LogP contribution in [0.3, 0.4) is 0 Å². The van der Waals surface area contributed by atoms with Crippen LogP contribution < -0.4 is 16.2 Å². The van der Waals surface area contributed by atoms with Crippen molar-refractivity contribution < 1.29 is 4.39 Å². The molecule has 134 valence electrons. The third kappa shape index (κ3) is 3.43. The Balaban J connectivity index is 1.94. The molecule has 27 heavy (non-hydrogen) atoms. The Labute approximate surface area is 160 Å². The summed E-state index contributed by atoms with van der Waals surface area (Å²) < 4.78 is 15.5. The second kappa shape index (κ2) is 7.46. The van der Waals surface area contributed by atoms with Crippen LogP contribution in [0.1, 0.15) is 11.1 Å². The predicted molar refractivity (Wildman–Crippen MR) is 112 cm³/mol. The van der Waals surface area contributed by atoms with Gasteiger partial charge in [0.15, 0.2) is 0 Å². The molecule has 0 bridgehead atoms. The van der Waals surface area contributed by atoms with Crippen molar-refractivity contribution in [2.24, 2.45) is 0 Å². The molecule has 0 aliphatic rings. The Kier molecular flexibility index (Phi) is 4.87. The lowest BCUT2D eigenvalue weighted by atomic mass is 10.2. The van der Waals surface area contributed by atoms with E-state index in [4.69, 9.17) is 4.98 Å². The molecule has 4 aromatic rings. The summed E-state index contributed by atoms with van der Waals surface area (Å²) in [5.41, 5.74) is 4.40. The van der Waals surface area contributed by atoms with Crippen LogP contribution in [-0.4, -0.2) is 9.55 Å². The first kappa shape index (κ1) is 17.6. The summed E-state index contributed by atoms with van der Waals surface area (Å²) in [5.74, 6) is -0.236. The number of hydrogen-bond donors (Lipinski definition) is 0. The summed E-state index contributed by atoms with van der Waals surface area (Å²) in [6.45, 7) is 4.29. The lowest BCUT2D eigenvalue weighted by Crippen LogP contribution is -2.29. The van der Waals surface area contributed by atoms with Crippen molar-refractivity contribution in [2.45, 2.75) is 13.8 Å². The van der Waals surface area contributed by atoms with Gasteiger partial charge in [-0.05, 0) is 59.8 Å². The lowest BCUT2D eigenvalue weighted by molar-refractivity contribution is 0.627. The Hall–Kier alpha value is -2.77. The topological polar surface area (TPSA) is 17.8 Å². The third-order valence-electron chi connectivity index (χ3n) is 4.64. The van der Waals surface area contributed by atoms with Gasteiger partial charge in [0.1, 0.15) is 11.4 Å². The summed E-state index contributed by atoms with van der Waals surface area (Å²) in [7, 11) is -0.845. The summed E-state index contributed by atoms with van der Waals surface area (Å²) in [5, 5.41) is 2.58. The number of hydrogen-bond acceptors (Lipinski definition) is 1. The quantitative estimate of drug-likeness (QED) is 0.485. The molecule has 3 aromatic carbocycles. The van der Waals surface area contributed by atoms with Gasteiger partial charge in [0, 0.05) is 26.0 Å². The fraction of sp³-hybridized carbons (Fsp3) is 0.0870. The average Bonchev–Trinajstić information content (AvgIpc) is 3.15. The molecule has 4 heteroatoms. The second-order valence-corrected chi connectivity index (χ2v) is 8.52. The minimum Gasteiger partial charge on any atom is -0.300 e. The normalized spacial score (nSPS) is 11.1. The van der Waals surface area contributed by atoms with E-state index in [-0.39, 0.29) is 5.82 Å². The van der Waals surface area contributed by atoms with E-state index in [1.807, 2.05) is 12.4 Å². The van der Waals surface area contributed by atoms with Crippen molar-refractivity contribution in [3.63, 3.8) is 0 Å². The van der Waals surface area contributed by atoms with Crippen LogP contribution in [0, 0.1) is 19.7 Å². The van der Waals surface area contributed by atoms with Gasteiger partial charge < -0.3 is 0 Å². The molecule has 1 heterocycles. The largest absolute Gasteiger partial charge is 0.300 e. The van der Waals surface area contributed by atoms with Crippen molar-refractivity contribution in [1.82, 2.24) is 9.55 Å². The Morgan fingerprint density at radius 1 is 0.778 bits per heavy atom. The molecule has 1 aromatic heterocycles. The van der Waals surface area contributed by atoms with Gasteiger partial charge in [-0.3, -0.25) is 4.57 Å². The molecule has 0 N–H and O–H groups in total. The number of rotatable bonds is 4. The number of benzene rings is 3. The SMILES string of the molecule is Cc1ccccc1P(c1ccccc1C)c1nccn1-c1ccc(F)cc1. The number of halogens is 1. The minimum atomic E-state index is -0.845. The van der Waals surface area contributed by atoms with Gasteiger partial charge in [-0.25, -0.2) is 9.37 Å². The number of nitrogens with zero attached hydrogens (tertiary/aromatic N) is 2. The Bertz CT molecular complexity index is 1020. The number of aromatic nitrogens is 2. The first-order valence-corrected chi connectivity index (χ1v) is 10.2. The Morgan fingerprint density at radius 2 is 1.33 bits per heavy atom. The van der Waals surface area contributed by atoms with Crippen LogP contribution >= 0.6 is 7.92 Å². The third-order valence-corrected chi connectivity index (χ3v) is 7.34. The minimum absolute atomic E-state index is 0.236. The van der Waals surface area contributed by atoms with Crippen molar-refractivity contribution in [3.8, 4) is 5.69 Å². The molecule has 0 radical (unpaired) electrons. The fourth-order valence-electron chi connectivity index (χ4n) is 3.24.